The van der Waals surface area contributed by atoms with Crippen molar-refractivity contribution in [2.75, 3.05) is 0 Å². The van der Waals surface area contributed by atoms with Gasteiger partial charge in [-0.25, -0.2) is 0 Å². The third-order valence-electron chi connectivity index (χ3n) is 2.46. The van der Waals surface area contributed by atoms with E-state index in [0.29, 0.717) is 11.3 Å². The minimum Gasteiger partial charge on any atom is -0.449 e. The molecule has 2 rings (SSSR count). The number of hydrogen-bond donors (Lipinski definition) is 1. The fourth-order valence-corrected chi connectivity index (χ4v) is 2.03. The number of rotatable bonds is 4. The molecule has 0 spiro atoms. The van der Waals surface area contributed by atoms with Gasteiger partial charge in [-0.1, -0.05) is 18.2 Å². The molecule has 0 bridgehead atoms. The maximum absolute atomic E-state index is 11.0. The summed E-state index contributed by atoms with van der Waals surface area (Å²) in [5.41, 5.74) is 0.313. The van der Waals surface area contributed by atoms with Crippen LogP contribution in [0.15, 0.2) is 42.5 Å². The van der Waals surface area contributed by atoms with Crippen LogP contribution < -0.4 is 4.74 Å². The lowest BCUT2D eigenvalue weighted by Crippen LogP contribution is -1.96. The van der Waals surface area contributed by atoms with E-state index in [9.17, 15) is 10.1 Å². The quantitative estimate of drug-likeness (QED) is 0.508. The third-order valence-corrected chi connectivity index (χ3v) is 3.35. The maximum Gasteiger partial charge on any atom is 0.311 e. The number of nitrogens with zero attached hydrogens (tertiary/aromatic N) is 1. The SMILES string of the molecule is O=[N+]([O-])c1cc(CO)ccc1Oc1ccccc1I. The van der Waals surface area contributed by atoms with E-state index in [2.05, 4.69) is 22.6 Å². The molecule has 0 aliphatic carbocycles. The minimum absolute atomic E-state index is 0.159. The van der Waals surface area contributed by atoms with Crippen molar-refractivity contribution in [3.8, 4) is 11.5 Å². The van der Waals surface area contributed by atoms with Gasteiger partial charge in [-0.05, 0) is 46.4 Å². The van der Waals surface area contributed by atoms with Gasteiger partial charge in [0.05, 0.1) is 15.1 Å². The highest BCUT2D eigenvalue weighted by Gasteiger charge is 2.17. The average molecular weight is 371 g/mol. The van der Waals surface area contributed by atoms with E-state index in [-0.39, 0.29) is 18.0 Å². The summed E-state index contributed by atoms with van der Waals surface area (Å²) in [6.07, 6.45) is 0. The van der Waals surface area contributed by atoms with Gasteiger partial charge in [0.2, 0.25) is 5.75 Å². The summed E-state index contributed by atoms with van der Waals surface area (Å²) in [6.45, 7) is -0.246. The lowest BCUT2D eigenvalue weighted by Gasteiger charge is -2.08. The Hall–Kier alpha value is -1.67. The van der Waals surface area contributed by atoms with E-state index in [1.807, 2.05) is 12.1 Å². The summed E-state index contributed by atoms with van der Waals surface area (Å²) in [4.78, 5) is 10.5. The van der Waals surface area contributed by atoms with Crippen LogP contribution >= 0.6 is 22.6 Å². The van der Waals surface area contributed by atoms with Crippen LogP contribution in [0.5, 0.6) is 11.5 Å². The lowest BCUT2D eigenvalue weighted by atomic mass is 10.2. The Balaban J connectivity index is 2.40. The summed E-state index contributed by atoms with van der Waals surface area (Å²) in [5, 5.41) is 20.0. The number of hydrogen-bond acceptors (Lipinski definition) is 4. The van der Waals surface area contributed by atoms with Crippen LogP contribution in [0.3, 0.4) is 0 Å². The first-order valence-electron chi connectivity index (χ1n) is 5.42. The van der Waals surface area contributed by atoms with E-state index in [1.54, 1.807) is 18.2 Å². The average Bonchev–Trinajstić information content (AvgIpc) is 2.41. The van der Waals surface area contributed by atoms with Gasteiger partial charge in [-0.3, -0.25) is 10.1 Å². The second-order valence-electron chi connectivity index (χ2n) is 3.75. The first-order chi connectivity index (χ1) is 9.11. The van der Waals surface area contributed by atoms with E-state index < -0.39 is 4.92 Å². The Bertz CT molecular complexity index is 615. The standard InChI is InChI=1S/C13H10INO4/c14-10-3-1-2-4-12(10)19-13-6-5-9(8-16)7-11(13)15(17)18/h1-7,16H,8H2. The van der Waals surface area contributed by atoms with Gasteiger partial charge in [-0.15, -0.1) is 0 Å². The van der Waals surface area contributed by atoms with E-state index >= 15 is 0 Å². The summed E-state index contributed by atoms with van der Waals surface area (Å²) in [5.74, 6) is 0.717. The molecule has 0 amide bonds. The maximum atomic E-state index is 11.0. The number of aliphatic hydroxyl groups excluding tert-OH is 1. The van der Waals surface area contributed by atoms with Gasteiger partial charge < -0.3 is 9.84 Å². The molecule has 0 heterocycles. The van der Waals surface area contributed by atoms with E-state index in [0.717, 1.165) is 3.57 Å². The zero-order valence-electron chi connectivity index (χ0n) is 9.75. The molecular formula is C13H10INO4. The molecule has 0 fully saturated rings. The molecule has 6 heteroatoms. The zero-order chi connectivity index (χ0) is 13.8. The molecule has 1 N–H and O–H groups in total. The van der Waals surface area contributed by atoms with Crippen molar-refractivity contribution >= 4 is 28.3 Å². The van der Waals surface area contributed by atoms with Crippen LogP contribution in [-0.2, 0) is 6.61 Å². The van der Waals surface area contributed by atoms with Gasteiger partial charge in [0, 0.05) is 6.07 Å². The van der Waals surface area contributed by atoms with Crippen LogP contribution in [0.1, 0.15) is 5.56 Å². The first kappa shape index (κ1) is 13.8. The summed E-state index contributed by atoms with van der Waals surface area (Å²) < 4.78 is 6.43. The highest BCUT2D eigenvalue weighted by atomic mass is 127. The van der Waals surface area contributed by atoms with E-state index in [4.69, 9.17) is 9.84 Å². The Morgan fingerprint density at radius 3 is 2.58 bits per heavy atom. The van der Waals surface area contributed by atoms with Gasteiger partial charge >= 0.3 is 5.69 Å². The predicted molar refractivity (Wildman–Crippen MR) is 78.3 cm³/mol. The van der Waals surface area contributed by atoms with Crippen molar-refractivity contribution in [1.82, 2.24) is 0 Å². The van der Waals surface area contributed by atoms with Crippen LogP contribution in [0.25, 0.3) is 0 Å². The first-order valence-corrected chi connectivity index (χ1v) is 6.50. The van der Waals surface area contributed by atoms with E-state index in [1.165, 1.54) is 12.1 Å². The Kier molecular flexibility index (Phi) is 4.33. The van der Waals surface area contributed by atoms with Crippen molar-refractivity contribution < 1.29 is 14.8 Å². The molecule has 0 aliphatic heterocycles. The summed E-state index contributed by atoms with van der Waals surface area (Å²) in [6, 6.07) is 11.6. The molecule has 19 heavy (non-hydrogen) atoms. The van der Waals surface area contributed by atoms with Crippen molar-refractivity contribution in [1.29, 1.82) is 0 Å². The molecule has 0 unspecified atom stereocenters. The number of halogens is 1. The lowest BCUT2D eigenvalue weighted by molar-refractivity contribution is -0.385. The van der Waals surface area contributed by atoms with Crippen molar-refractivity contribution in [2.24, 2.45) is 0 Å². The highest BCUT2D eigenvalue weighted by Crippen LogP contribution is 2.34. The normalized spacial score (nSPS) is 10.2. The third kappa shape index (κ3) is 3.21. The molecule has 5 nitrogen and oxygen atoms in total. The monoisotopic (exact) mass is 371 g/mol. The van der Waals surface area contributed by atoms with Crippen molar-refractivity contribution in [3.63, 3.8) is 0 Å². The topological polar surface area (TPSA) is 72.6 Å². The minimum atomic E-state index is -0.524. The molecule has 0 aromatic heterocycles. The molecule has 2 aromatic rings. The van der Waals surface area contributed by atoms with Crippen LogP contribution in [0.4, 0.5) is 5.69 Å². The largest absolute Gasteiger partial charge is 0.449 e. The fraction of sp³-hybridized carbons (Fsp3) is 0.0769. The molecule has 0 atom stereocenters. The van der Waals surface area contributed by atoms with Crippen molar-refractivity contribution in [3.05, 3.63) is 61.7 Å². The smallest absolute Gasteiger partial charge is 0.311 e. The second kappa shape index (κ2) is 5.98. The molecule has 98 valence electrons. The number of para-hydroxylation sites is 1. The van der Waals surface area contributed by atoms with Gasteiger partial charge in [-0.2, -0.15) is 0 Å². The molecular weight excluding hydrogens is 361 g/mol. The van der Waals surface area contributed by atoms with Gasteiger partial charge in [0.1, 0.15) is 5.75 Å². The van der Waals surface area contributed by atoms with Crippen LogP contribution in [0.2, 0.25) is 0 Å². The number of aliphatic hydroxyl groups is 1. The molecule has 0 saturated heterocycles. The fourth-order valence-electron chi connectivity index (χ4n) is 1.54. The molecule has 0 aliphatic rings. The number of nitro benzene ring substituents is 1. The summed E-state index contributed by atoms with van der Waals surface area (Å²) in [7, 11) is 0. The summed E-state index contributed by atoms with van der Waals surface area (Å²) >= 11 is 2.10. The number of nitro groups is 1. The predicted octanol–water partition coefficient (Wildman–Crippen LogP) is 3.48. The van der Waals surface area contributed by atoms with Gasteiger partial charge in [0.15, 0.2) is 0 Å². The Labute approximate surface area is 123 Å². The molecule has 0 saturated carbocycles. The van der Waals surface area contributed by atoms with Gasteiger partial charge in [0.25, 0.3) is 0 Å². The second-order valence-corrected chi connectivity index (χ2v) is 4.91. The van der Waals surface area contributed by atoms with Crippen molar-refractivity contribution in [2.45, 2.75) is 6.61 Å². The molecule has 0 radical (unpaired) electrons. The number of ether oxygens (including phenoxy) is 1. The Morgan fingerprint density at radius 2 is 1.95 bits per heavy atom. The Morgan fingerprint density at radius 1 is 1.21 bits per heavy atom. The van der Waals surface area contributed by atoms with Crippen LogP contribution in [-0.4, -0.2) is 10.0 Å². The zero-order valence-corrected chi connectivity index (χ0v) is 11.9. The molecule has 2 aromatic carbocycles. The number of benzene rings is 2. The highest BCUT2D eigenvalue weighted by molar-refractivity contribution is 14.1. The van der Waals surface area contributed by atoms with Crippen LogP contribution in [0, 0.1) is 13.7 Å².